The van der Waals surface area contributed by atoms with Gasteiger partial charge < -0.3 is 4.74 Å². The van der Waals surface area contributed by atoms with Gasteiger partial charge in [-0.25, -0.2) is 4.79 Å². The van der Waals surface area contributed by atoms with Crippen molar-refractivity contribution in [3.05, 3.63) is 55.6 Å². The first-order chi connectivity index (χ1) is 19.0. The number of carbonyl (C=O) groups excluding carboxylic acids is 1. The van der Waals surface area contributed by atoms with Crippen molar-refractivity contribution >= 4 is 49.9 Å². The van der Waals surface area contributed by atoms with Crippen molar-refractivity contribution in [2.24, 2.45) is 17.8 Å². The monoisotopic (exact) mass is 614 g/mol. The highest BCUT2D eigenvalue weighted by Crippen LogP contribution is 2.66. The predicted octanol–water partition coefficient (Wildman–Crippen LogP) is 10.3. The maximum absolute atomic E-state index is 15.7. The third kappa shape index (κ3) is 4.46. The Morgan fingerprint density at radius 2 is 1.49 bits per heavy atom. The molecule has 10 heteroatoms. The van der Waals surface area contributed by atoms with Crippen molar-refractivity contribution in [3.8, 4) is 0 Å². The first kappa shape index (κ1) is 30.1. The first-order valence-corrected chi connectivity index (χ1v) is 15.3. The van der Waals surface area contributed by atoms with Crippen LogP contribution in [0, 0.1) is 38.5 Å². The molecular weight excluding hydrogens is 582 g/mol. The molecule has 3 aromatic rings. The largest absolute Gasteiger partial charge is 0.458 e. The molecule has 2 aromatic heterocycles. The average molecular weight is 615 g/mol. The van der Waals surface area contributed by atoms with Crippen molar-refractivity contribution < 1.29 is 35.9 Å². The van der Waals surface area contributed by atoms with Crippen LogP contribution >= 0.6 is 22.7 Å². The van der Waals surface area contributed by atoms with Gasteiger partial charge in [-0.1, -0.05) is 45.4 Å². The minimum Gasteiger partial charge on any atom is -0.458 e. The van der Waals surface area contributed by atoms with Crippen molar-refractivity contribution in [2.45, 2.75) is 84.7 Å². The molecule has 0 bridgehead atoms. The van der Waals surface area contributed by atoms with Gasteiger partial charge >= 0.3 is 23.7 Å². The third-order valence-electron chi connectivity index (χ3n) is 8.67. The summed E-state index contributed by atoms with van der Waals surface area (Å²) in [5.41, 5.74) is -3.61. The molecule has 2 aliphatic rings. The molecule has 1 saturated carbocycles. The molecule has 2 heterocycles. The van der Waals surface area contributed by atoms with Gasteiger partial charge in [-0.15, -0.1) is 22.7 Å². The predicted molar refractivity (Wildman–Crippen MR) is 153 cm³/mol. The fourth-order valence-corrected chi connectivity index (χ4v) is 8.65. The summed E-state index contributed by atoms with van der Waals surface area (Å²) in [4.78, 5) is 13.7. The Kier molecular flexibility index (Phi) is 7.46. The van der Waals surface area contributed by atoms with Crippen molar-refractivity contribution in [3.63, 3.8) is 0 Å². The summed E-state index contributed by atoms with van der Waals surface area (Å²) < 4.78 is 99.2. The van der Waals surface area contributed by atoms with Crippen LogP contribution in [0.25, 0.3) is 21.2 Å². The Balaban J connectivity index is 1.69. The molecule has 0 spiro atoms. The molecule has 0 saturated heterocycles. The Morgan fingerprint density at radius 1 is 0.902 bits per heavy atom. The molecule has 222 valence electrons. The number of halogens is 6. The van der Waals surface area contributed by atoms with E-state index in [4.69, 9.17) is 4.74 Å². The SMILES string of the molecule is Cc1sc(C(=O)O[C@@H]2C[C@H](C)CC[C@H]2C(C)C)c(C)c1C1=C(c2c(C)sc3ccccc23)C(F)(F)C(F)(F)C1(F)F. The quantitative estimate of drug-likeness (QED) is 0.211. The summed E-state index contributed by atoms with van der Waals surface area (Å²) in [6.07, 6.45) is 2.16. The number of esters is 1. The Labute approximate surface area is 243 Å². The second kappa shape index (κ2) is 10.1. The number of allylic oxidation sites excluding steroid dienone is 2. The van der Waals surface area contributed by atoms with Crippen molar-refractivity contribution in [1.29, 1.82) is 0 Å². The van der Waals surface area contributed by atoms with E-state index in [0.29, 0.717) is 17.0 Å². The van der Waals surface area contributed by atoms with Crippen LogP contribution < -0.4 is 0 Å². The minimum atomic E-state index is -5.68. The molecule has 0 amide bonds. The highest BCUT2D eigenvalue weighted by Gasteiger charge is 2.80. The molecule has 1 aromatic carbocycles. The van der Waals surface area contributed by atoms with Crippen LogP contribution in [0.4, 0.5) is 26.3 Å². The zero-order chi connectivity index (χ0) is 30.2. The van der Waals surface area contributed by atoms with Crippen LogP contribution in [-0.4, -0.2) is 29.8 Å². The van der Waals surface area contributed by atoms with E-state index in [0.717, 1.165) is 35.5 Å². The number of alkyl halides is 6. The van der Waals surface area contributed by atoms with Crippen LogP contribution in [0.2, 0.25) is 0 Å². The van der Waals surface area contributed by atoms with Gasteiger partial charge in [0.2, 0.25) is 0 Å². The Hall–Kier alpha value is -2.33. The molecule has 0 unspecified atom stereocenters. The number of fused-ring (bicyclic) bond motifs is 1. The zero-order valence-electron chi connectivity index (χ0n) is 23.6. The Morgan fingerprint density at radius 3 is 2.12 bits per heavy atom. The lowest BCUT2D eigenvalue weighted by Crippen LogP contribution is -2.49. The lowest BCUT2D eigenvalue weighted by Gasteiger charge is -2.36. The summed E-state index contributed by atoms with van der Waals surface area (Å²) in [5.74, 6) is -16.1. The molecule has 0 N–H and O–H groups in total. The number of thiophene rings is 2. The fourth-order valence-electron chi connectivity index (χ4n) is 6.53. The van der Waals surface area contributed by atoms with Gasteiger partial charge in [-0.05, 0) is 63.0 Å². The van der Waals surface area contributed by atoms with E-state index in [1.165, 1.54) is 26.8 Å². The van der Waals surface area contributed by atoms with Gasteiger partial charge in [0.1, 0.15) is 11.0 Å². The van der Waals surface area contributed by atoms with Crippen molar-refractivity contribution in [2.75, 3.05) is 0 Å². The molecular formula is C31H32F6O2S2. The number of rotatable bonds is 5. The Bertz CT molecular complexity index is 1550. The standard InChI is InChI=1S/C31H32F6O2S2/c1-14(2)19-12-11-15(3)13-21(19)39-28(38)27-16(4)23(17(5)41-27)25-26(30(34,35)31(36,37)29(25,32)33)24-18(6)40-22-10-8-7-9-20(22)24/h7-10,14-15,19,21H,11-13H2,1-6H3/t15-,19+,21-/m1/s1. The van der Waals surface area contributed by atoms with Crippen LogP contribution in [0.15, 0.2) is 24.3 Å². The van der Waals surface area contributed by atoms with E-state index >= 15 is 26.3 Å². The normalized spacial score (nSPS) is 25.3. The van der Waals surface area contributed by atoms with Gasteiger partial charge in [0.05, 0.1) is 0 Å². The zero-order valence-corrected chi connectivity index (χ0v) is 25.3. The second-order valence-corrected chi connectivity index (χ2v) is 14.2. The van der Waals surface area contributed by atoms with Gasteiger partial charge in [-0.2, -0.15) is 26.3 Å². The summed E-state index contributed by atoms with van der Waals surface area (Å²) >= 11 is 1.89. The van der Waals surface area contributed by atoms with Gasteiger partial charge in [0, 0.05) is 42.1 Å². The molecule has 5 rings (SSSR count). The van der Waals surface area contributed by atoms with Gasteiger partial charge in [0.15, 0.2) is 0 Å². The van der Waals surface area contributed by atoms with E-state index in [9.17, 15) is 4.79 Å². The van der Waals surface area contributed by atoms with Gasteiger partial charge in [-0.3, -0.25) is 0 Å². The first-order valence-electron chi connectivity index (χ1n) is 13.7. The molecule has 2 nitrogen and oxygen atoms in total. The summed E-state index contributed by atoms with van der Waals surface area (Å²) in [6, 6.07) is 6.31. The molecule has 0 radical (unpaired) electrons. The lowest BCUT2D eigenvalue weighted by atomic mass is 9.75. The highest BCUT2D eigenvalue weighted by atomic mass is 32.1. The van der Waals surface area contributed by atoms with Crippen LogP contribution in [0.3, 0.4) is 0 Å². The summed E-state index contributed by atoms with van der Waals surface area (Å²) in [5, 5.41) is 0.201. The fraction of sp³-hybridized carbons (Fsp3) is 0.516. The molecule has 1 fully saturated rings. The number of carbonyl (C=O) groups is 1. The number of hydrogen-bond acceptors (Lipinski definition) is 4. The third-order valence-corrected chi connectivity index (χ3v) is 10.9. The summed E-state index contributed by atoms with van der Waals surface area (Å²) in [6.45, 7) is 10.4. The van der Waals surface area contributed by atoms with E-state index in [1.807, 2.05) is 13.8 Å². The molecule has 41 heavy (non-hydrogen) atoms. The number of ether oxygens (including phenoxy) is 1. The lowest BCUT2D eigenvalue weighted by molar-refractivity contribution is -0.254. The van der Waals surface area contributed by atoms with Crippen LogP contribution in [0.5, 0.6) is 0 Å². The van der Waals surface area contributed by atoms with E-state index in [2.05, 4.69) is 6.92 Å². The molecule has 3 atom stereocenters. The highest BCUT2D eigenvalue weighted by molar-refractivity contribution is 7.19. The average Bonchev–Trinajstić information content (AvgIpc) is 3.39. The van der Waals surface area contributed by atoms with Crippen LogP contribution in [0.1, 0.15) is 76.2 Å². The maximum Gasteiger partial charge on any atom is 0.380 e. The van der Waals surface area contributed by atoms with Crippen LogP contribution in [-0.2, 0) is 4.74 Å². The summed E-state index contributed by atoms with van der Waals surface area (Å²) in [7, 11) is 0. The number of benzene rings is 1. The topological polar surface area (TPSA) is 26.3 Å². The molecule has 2 aliphatic carbocycles. The van der Waals surface area contributed by atoms with E-state index < -0.39 is 40.4 Å². The number of aryl methyl sites for hydroxylation is 2. The molecule has 0 aliphatic heterocycles. The van der Waals surface area contributed by atoms with Crippen molar-refractivity contribution in [1.82, 2.24) is 0 Å². The van der Waals surface area contributed by atoms with Gasteiger partial charge in [0.25, 0.3) is 0 Å². The van der Waals surface area contributed by atoms with E-state index in [1.54, 1.807) is 18.2 Å². The smallest absolute Gasteiger partial charge is 0.380 e. The van der Waals surface area contributed by atoms with E-state index in [-0.39, 0.29) is 49.1 Å². The number of hydrogen-bond donors (Lipinski definition) is 0. The second-order valence-electron chi connectivity index (χ2n) is 11.8. The maximum atomic E-state index is 15.7. The minimum absolute atomic E-state index is 0.0358.